The molecule has 0 atom stereocenters. The van der Waals surface area contributed by atoms with Gasteiger partial charge in [-0.05, 0) is 18.2 Å². The van der Waals surface area contributed by atoms with Gasteiger partial charge in [0.05, 0.1) is 11.5 Å². The van der Waals surface area contributed by atoms with Gasteiger partial charge in [0.15, 0.2) is 5.78 Å². The molecule has 1 aliphatic heterocycles. The highest BCUT2D eigenvalue weighted by Gasteiger charge is 2.17. The van der Waals surface area contributed by atoms with E-state index in [-0.39, 0.29) is 5.78 Å². The smallest absolute Gasteiger partial charge is 0.186 e. The van der Waals surface area contributed by atoms with Gasteiger partial charge in [0.1, 0.15) is 5.75 Å². The Labute approximate surface area is 87.0 Å². The molecule has 0 radical (unpaired) electrons. The molecule has 2 rings (SSSR count). The summed E-state index contributed by atoms with van der Waals surface area (Å²) in [6.07, 6.45) is 1.34. The fourth-order valence-corrected chi connectivity index (χ4v) is 2.34. The summed E-state index contributed by atoms with van der Waals surface area (Å²) in [5.41, 5.74) is 0.696. The second kappa shape index (κ2) is 3.88. The Bertz CT molecular complexity index is 385. The monoisotopic (exact) mass is 206 g/mol. The third kappa shape index (κ3) is 1.55. The zero-order valence-electron chi connectivity index (χ0n) is 7.66. The normalized spacial score (nSPS) is 14.0. The number of allylic oxidation sites excluding steroid dienone is 1. The van der Waals surface area contributed by atoms with E-state index in [0.29, 0.717) is 12.2 Å². The molecule has 1 heterocycles. The molecule has 0 bridgehead atoms. The van der Waals surface area contributed by atoms with E-state index in [0.717, 1.165) is 16.4 Å². The van der Waals surface area contributed by atoms with E-state index in [9.17, 15) is 4.79 Å². The molecule has 0 saturated heterocycles. The number of thioether (sulfide) groups is 1. The molecule has 0 unspecified atom stereocenters. The maximum atomic E-state index is 11.5. The first-order valence-corrected chi connectivity index (χ1v) is 5.37. The third-order valence-corrected chi connectivity index (χ3v) is 3.10. The largest absolute Gasteiger partial charge is 0.492 e. The van der Waals surface area contributed by atoms with Crippen molar-refractivity contribution in [1.82, 2.24) is 0 Å². The number of fused-ring (bicyclic) bond motifs is 1. The van der Waals surface area contributed by atoms with Crippen molar-refractivity contribution in [2.45, 2.75) is 4.90 Å². The van der Waals surface area contributed by atoms with Gasteiger partial charge in [-0.25, -0.2) is 0 Å². The second-order valence-electron chi connectivity index (χ2n) is 2.90. The SMILES string of the molecule is C=CC(=O)c1cccc2c1SCCO2. The average molecular weight is 206 g/mol. The highest BCUT2D eigenvalue weighted by molar-refractivity contribution is 7.99. The first kappa shape index (κ1) is 9.34. The fraction of sp³-hybridized carbons (Fsp3) is 0.182. The molecule has 1 aliphatic rings. The van der Waals surface area contributed by atoms with Crippen LogP contribution in [0.5, 0.6) is 5.75 Å². The summed E-state index contributed by atoms with van der Waals surface area (Å²) >= 11 is 1.67. The summed E-state index contributed by atoms with van der Waals surface area (Å²) in [5, 5.41) is 0. The van der Waals surface area contributed by atoms with E-state index < -0.39 is 0 Å². The highest BCUT2D eigenvalue weighted by atomic mass is 32.2. The molecule has 1 aromatic carbocycles. The molecular formula is C11H10O2S. The van der Waals surface area contributed by atoms with Gasteiger partial charge < -0.3 is 4.74 Å². The Morgan fingerprint density at radius 2 is 2.43 bits per heavy atom. The summed E-state index contributed by atoms with van der Waals surface area (Å²) < 4.78 is 5.45. The van der Waals surface area contributed by atoms with Gasteiger partial charge in [-0.3, -0.25) is 4.79 Å². The summed E-state index contributed by atoms with van der Waals surface area (Å²) in [6.45, 7) is 4.20. The first-order chi connectivity index (χ1) is 6.83. The van der Waals surface area contributed by atoms with E-state index >= 15 is 0 Å². The number of ketones is 1. The van der Waals surface area contributed by atoms with Crippen molar-refractivity contribution in [3.63, 3.8) is 0 Å². The van der Waals surface area contributed by atoms with E-state index in [1.54, 1.807) is 11.8 Å². The number of benzene rings is 1. The Kier molecular flexibility index (Phi) is 2.59. The Hall–Kier alpha value is -1.22. The predicted molar refractivity (Wildman–Crippen MR) is 57.2 cm³/mol. The Balaban J connectivity index is 2.50. The topological polar surface area (TPSA) is 26.3 Å². The van der Waals surface area contributed by atoms with Crippen LogP contribution < -0.4 is 4.74 Å². The van der Waals surface area contributed by atoms with Crippen LogP contribution in [0.1, 0.15) is 10.4 Å². The number of carbonyl (C=O) groups excluding carboxylic acids is 1. The van der Waals surface area contributed by atoms with Crippen LogP contribution in [0.3, 0.4) is 0 Å². The van der Waals surface area contributed by atoms with Crippen molar-refractivity contribution in [1.29, 1.82) is 0 Å². The second-order valence-corrected chi connectivity index (χ2v) is 4.00. The van der Waals surface area contributed by atoms with Crippen LogP contribution in [0.15, 0.2) is 35.7 Å². The van der Waals surface area contributed by atoms with Gasteiger partial charge in [0.25, 0.3) is 0 Å². The minimum atomic E-state index is -0.0418. The van der Waals surface area contributed by atoms with Crippen LogP contribution in [-0.2, 0) is 0 Å². The number of carbonyl (C=O) groups is 1. The summed E-state index contributed by atoms with van der Waals surface area (Å²) in [6, 6.07) is 5.54. The van der Waals surface area contributed by atoms with Crippen molar-refractivity contribution >= 4 is 17.5 Å². The summed E-state index contributed by atoms with van der Waals surface area (Å²) in [7, 11) is 0. The molecule has 0 saturated carbocycles. The van der Waals surface area contributed by atoms with Gasteiger partial charge in [0.2, 0.25) is 0 Å². The lowest BCUT2D eigenvalue weighted by atomic mass is 10.1. The summed E-state index contributed by atoms with van der Waals surface area (Å²) in [5.74, 6) is 1.67. The Morgan fingerprint density at radius 1 is 1.57 bits per heavy atom. The summed E-state index contributed by atoms with van der Waals surface area (Å²) in [4.78, 5) is 12.4. The minimum Gasteiger partial charge on any atom is -0.492 e. The van der Waals surface area contributed by atoms with Crippen LogP contribution in [0.4, 0.5) is 0 Å². The lowest BCUT2D eigenvalue weighted by Crippen LogP contribution is -2.09. The molecule has 0 fully saturated rings. The number of hydrogen-bond donors (Lipinski definition) is 0. The predicted octanol–water partition coefficient (Wildman–Crippen LogP) is 2.54. The lowest BCUT2D eigenvalue weighted by molar-refractivity contribution is 0.104. The fourth-order valence-electron chi connectivity index (χ4n) is 1.38. The maximum Gasteiger partial charge on any atom is 0.186 e. The molecule has 1 aromatic rings. The highest BCUT2D eigenvalue weighted by Crippen LogP contribution is 2.36. The molecule has 14 heavy (non-hydrogen) atoms. The van der Waals surface area contributed by atoms with Crippen LogP contribution in [0, 0.1) is 0 Å². The Morgan fingerprint density at radius 3 is 3.21 bits per heavy atom. The number of hydrogen-bond acceptors (Lipinski definition) is 3. The molecule has 2 nitrogen and oxygen atoms in total. The van der Waals surface area contributed by atoms with Crippen molar-refractivity contribution in [2.24, 2.45) is 0 Å². The number of rotatable bonds is 2. The van der Waals surface area contributed by atoms with Crippen LogP contribution >= 0.6 is 11.8 Å². The molecule has 3 heteroatoms. The molecule has 0 spiro atoms. The average Bonchev–Trinajstić information content (AvgIpc) is 2.27. The van der Waals surface area contributed by atoms with Crippen molar-refractivity contribution in [2.75, 3.05) is 12.4 Å². The maximum absolute atomic E-state index is 11.5. The van der Waals surface area contributed by atoms with Gasteiger partial charge in [-0.2, -0.15) is 0 Å². The van der Waals surface area contributed by atoms with Crippen LogP contribution in [-0.4, -0.2) is 18.1 Å². The standard InChI is InChI=1S/C11H10O2S/c1-2-9(12)8-4-3-5-10-11(8)14-7-6-13-10/h2-5H,1,6-7H2. The molecule has 0 aromatic heterocycles. The van der Waals surface area contributed by atoms with Crippen molar-refractivity contribution in [3.8, 4) is 5.75 Å². The molecule has 72 valence electrons. The van der Waals surface area contributed by atoms with Gasteiger partial charge in [-0.1, -0.05) is 12.6 Å². The molecule has 0 amide bonds. The van der Waals surface area contributed by atoms with Gasteiger partial charge >= 0.3 is 0 Å². The third-order valence-electron chi connectivity index (χ3n) is 2.02. The van der Waals surface area contributed by atoms with E-state index in [1.165, 1.54) is 6.08 Å². The molecule has 0 aliphatic carbocycles. The minimum absolute atomic E-state index is 0.0418. The van der Waals surface area contributed by atoms with E-state index in [4.69, 9.17) is 4.74 Å². The van der Waals surface area contributed by atoms with Gasteiger partial charge in [0, 0.05) is 11.3 Å². The van der Waals surface area contributed by atoms with Gasteiger partial charge in [-0.15, -0.1) is 11.8 Å². The van der Waals surface area contributed by atoms with E-state index in [2.05, 4.69) is 6.58 Å². The number of ether oxygens (including phenoxy) is 1. The zero-order valence-corrected chi connectivity index (χ0v) is 8.47. The quantitative estimate of drug-likeness (QED) is 0.549. The van der Waals surface area contributed by atoms with Crippen LogP contribution in [0.25, 0.3) is 0 Å². The molecular weight excluding hydrogens is 196 g/mol. The lowest BCUT2D eigenvalue weighted by Gasteiger charge is -2.18. The van der Waals surface area contributed by atoms with Crippen molar-refractivity contribution in [3.05, 3.63) is 36.4 Å². The van der Waals surface area contributed by atoms with Crippen molar-refractivity contribution < 1.29 is 9.53 Å². The molecule has 0 N–H and O–H groups in total. The van der Waals surface area contributed by atoms with E-state index in [1.807, 2.05) is 18.2 Å². The zero-order chi connectivity index (χ0) is 9.97. The van der Waals surface area contributed by atoms with Crippen LogP contribution in [0.2, 0.25) is 0 Å². The first-order valence-electron chi connectivity index (χ1n) is 4.38.